The van der Waals surface area contributed by atoms with Gasteiger partial charge in [-0.25, -0.2) is 9.78 Å². The van der Waals surface area contributed by atoms with Gasteiger partial charge in [0.15, 0.2) is 11.4 Å². The number of esters is 1. The van der Waals surface area contributed by atoms with E-state index in [0.29, 0.717) is 18.1 Å². The van der Waals surface area contributed by atoms with E-state index in [0.717, 1.165) is 26.9 Å². The predicted octanol–water partition coefficient (Wildman–Crippen LogP) is 5.83. The topological polar surface area (TPSA) is 61.3 Å². The van der Waals surface area contributed by atoms with Gasteiger partial charge in [-0.1, -0.05) is 29.8 Å². The van der Waals surface area contributed by atoms with Crippen LogP contribution >= 0.6 is 23.3 Å². The van der Waals surface area contributed by atoms with Crippen LogP contribution in [0, 0.1) is 13.8 Å². The molecule has 1 aromatic heterocycles. The van der Waals surface area contributed by atoms with Crippen molar-refractivity contribution in [2.75, 3.05) is 6.61 Å². The summed E-state index contributed by atoms with van der Waals surface area (Å²) in [6.07, 6.45) is 0. The van der Waals surface area contributed by atoms with Crippen molar-refractivity contribution in [1.29, 1.82) is 0 Å². The van der Waals surface area contributed by atoms with Crippen molar-refractivity contribution in [3.8, 4) is 16.3 Å². The maximum atomic E-state index is 12.1. The third-order valence-corrected chi connectivity index (χ3v) is 6.20. The number of aromatic nitrogens is 2. The Bertz CT molecular complexity index is 1010. The Labute approximate surface area is 186 Å². The van der Waals surface area contributed by atoms with E-state index < -0.39 is 5.60 Å². The third kappa shape index (κ3) is 5.61. The lowest BCUT2D eigenvalue weighted by Gasteiger charge is -2.25. The van der Waals surface area contributed by atoms with Crippen LogP contribution in [0.15, 0.2) is 47.4 Å². The SMILES string of the molecule is CCOC(=O)C(C)(C)Oc1ccc(SCc2nsc(-c3ccc(C)cc3)n2)cc1C. The molecule has 0 atom stereocenters. The second-order valence-electron chi connectivity index (χ2n) is 7.43. The van der Waals surface area contributed by atoms with Crippen LogP contribution in [0.1, 0.15) is 37.7 Å². The molecule has 3 aromatic rings. The molecule has 0 radical (unpaired) electrons. The zero-order valence-electron chi connectivity index (χ0n) is 17.9. The van der Waals surface area contributed by atoms with Gasteiger partial charge < -0.3 is 9.47 Å². The number of hydrogen-bond donors (Lipinski definition) is 0. The number of benzene rings is 2. The summed E-state index contributed by atoms with van der Waals surface area (Å²) in [6.45, 7) is 9.58. The summed E-state index contributed by atoms with van der Waals surface area (Å²) in [7, 11) is 0. The Balaban J connectivity index is 1.62. The van der Waals surface area contributed by atoms with Crippen LogP contribution in [0.25, 0.3) is 10.6 Å². The van der Waals surface area contributed by atoms with Gasteiger partial charge >= 0.3 is 5.97 Å². The van der Waals surface area contributed by atoms with E-state index in [1.807, 2.05) is 19.1 Å². The van der Waals surface area contributed by atoms with E-state index in [9.17, 15) is 4.79 Å². The Morgan fingerprint density at radius 2 is 1.87 bits per heavy atom. The molecule has 0 saturated heterocycles. The molecule has 7 heteroatoms. The molecule has 0 saturated carbocycles. The first kappa shape index (κ1) is 22.3. The quantitative estimate of drug-likeness (QED) is 0.323. The molecule has 0 aliphatic carbocycles. The number of thioether (sulfide) groups is 1. The lowest BCUT2D eigenvalue weighted by Crippen LogP contribution is -2.39. The molecule has 0 bridgehead atoms. The maximum Gasteiger partial charge on any atom is 0.349 e. The van der Waals surface area contributed by atoms with Crippen molar-refractivity contribution < 1.29 is 14.3 Å². The van der Waals surface area contributed by atoms with Gasteiger partial charge in [-0.3, -0.25) is 0 Å². The van der Waals surface area contributed by atoms with Crippen molar-refractivity contribution in [2.45, 2.75) is 50.9 Å². The summed E-state index contributed by atoms with van der Waals surface area (Å²) in [5.74, 6) is 1.81. The lowest BCUT2D eigenvalue weighted by atomic mass is 10.1. The number of ether oxygens (including phenoxy) is 2. The summed E-state index contributed by atoms with van der Waals surface area (Å²) in [5.41, 5.74) is 2.25. The molecule has 3 rings (SSSR count). The molecular weight excluding hydrogens is 416 g/mol. The molecule has 0 N–H and O–H groups in total. The van der Waals surface area contributed by atoms with Gasteiger partial charge in [-0.05, 0) is 69.9 Å². The number of aryl methyl sites for hydroxylation is 2. The highest BCUT2D eigenvalue weighted by Crippen LogP contribution is 2.31. The van der Waals surface area contributed by atoms with Crippen LogP contribution in [0.2, 0.25) is 0 Å². The number of carbonyl (C=O) groups excluding carboxylic acids is 1. The largest absolute Gasteiger partial charge is 0.476 e. The molecule has 0 unspecified atom stereocenters. The molecule has 158 valence electrons. The summed E-state index contributed by atoms with van der Waals surface area (Å²) >= 11 is 3.10. The lowest BCUT2D eigenvalue weighted by molar-refractivity contribution is -0.158. The molecule has 0 aliphatic rings. The average molecular weight is 443 g/mol. The first-order valence-corrected chi connectivity index (χ1v) is 11.5. The highest BCUT2D eigenvalue weighted by Gasteiger charge is 2.32. The van der Waals surface area contributed by atoms with E-state index in [2.05, 4.69) is 46.6 Å². The maximum absolute atomic E-state index is 12.1. The van der Waals surface area contributed by atoms with Crippen molar-refractivity contribution in [3.63, 3.8) is 0 Å². The van der Waals surface area contributed by atoms with Crippen molar-refractivity contribution in [3.05, 3.63) is 59.4 Å². The minimum atomic E-state index is -1.04. The molecule has 0 amide bonds. The molecule has 1 heterocycles. The number of hydrogen-bond acceptors (Lipinski definition) is 7. The highest BCUT2D eigenvalue weighted by molar-refractivity contribution is 7.98. The van der Waals surface area contributed by atoms with E-state index in [4.69, 9.17) is 9.47 Å². The van der Waals surface area contributed by atoms with Crippen LogP contribution in [0.3, 0.4) is 0 Å². The Morgan fingerprint density at radius 1 is 1.13 bits per heavy atom. The first-order chi connectivity index (χ1) is 14.3. The molecule has 0 aliphatic heterocycles. The Morgan fingerprint density at radius 3 is 2.53 bits per heavy atom. The summed E-state index contributed by atoms with van der Waals surface area (Å²) in [4.78, 5) is 17.8. The summed E-state index contributed by atoms with van der Waals surface area (Å²) < 4.78 is 15.5. The van der Waals surface area contributed by atoms with Crippen LogP contribution in [0.5, 0.6) is 5.75 Å². The van der Waals surface area contributed by atoms with Crippen molar-refractivity contribution in [1.82, 2.24) is 9.36 Å². The third-order valence-electron chi connectivity index (χ3n) is 4.41. The number of nitrogens with zero attached hydrogens (tertiary/aromatic N) is 2. The van der Waals surface area contributed by atoms with E-state index in [1.165, 1.54) is 17.1 Å². The van der Waals surface area contributed by atoms with Crippen LogP contribution in [-0.4, -0.2) is 27.5 Å². The highest BCUT2D eigenvalue weighted by atomic mass is 32.2. The zero-order chi connectivity index (χ0) is 21.7. The molecule has 30 heavy (non-hydrogen) atoms. The van der Waals surface area contributed by atoms with Gasteiger partial charge in [0.2, 0.25) is 0 Å². The molecule has 2 aromatic carbocycles. The molecular formula is C23H26N2O3S2. The van der Waals surface area contributed by atoms with E-state index >= 15 is 0 Å². The second kappa shape index (κ2) is 9.62. The summed E-state index contributed by atoms with van der Waals surface area (Å²) in [5, 5.41) is 0.937. The number of rotatable bonds is 8. The van der Waals surface area contributed by atoms with Gasteiger partial charge in [0.1, 0.15) is 10.8 Å². The fourth-order valence-electron chi connectivity index (χ4n) is 2.72. The van der Waals surface area contributed by atoms with Crippen LogP contribution in [-0.2, 0) is 15.3 Å². The minimum Gasteiger partial charge on any atom is -0.476 e. The normalized spacial score (nSPS) is 11.4. The Kier molecular flexibility index (Phi) is 7.15. The van der Waals surface area contributed by atoms with Crippen molar-refractivity contribution in [2.24, 2.45) is 0 Å². The second-order valence-corrected chi connectivity index (χ2v) is 9.23. The molecule has 0 spiro atoms. The van der Waals surface area contributed by atoms with Gasteiger partial charge in [-0.15, -0.1) is 11.8 Å². The van der Waals surface area contributed by atoms with Crippen LogP contribution in [0.4, 0.5) is 0 Å². The fourth-order valence-corrected chi connectivity index (χ4v) is 4.34. The average Bonchev–Trinajstić information content (AvgIpc) is 3.18. The van der Waals surface area contributed by atoms with E-state index in [-0.39, 0.29) is 5.97 Å². The predicted molar refractivity (Wildman–Crippen MR) is 122 cm³/mol. The van der Waals surface area contributed by atoms with Gasteiger partial charge in [-0.2, -0.15) is 4.37 Å². The molecule has 5 nitrogen and oxygen atoms in total. The summed E-state index contributed by atoms with van der Waals surface area (Å²) in [6, 6.07) is 14.3. The monoisotopic (exact) mass is 442 g/mol. The van der Waals surface area contributed by atoms with Gasteiger partial charge in [0.05, 0.1) is 12.4 Å². The minimum absolute atomic E-state index is 0.330. The smallest absolute Gasteiger partial charge is 0.349 e. The standard InChI is InChI=1S/C23H26N2O3S2/c1-6-27-22(26)23(4,5)28-19-12-11-18(13-16(19)3)29-14-20-24-21(30-25-20)17-9-7-15(2)8-10-17/h7-13H,6,14H2,1-5H3. The van der Waals surface area contributed by atoms with Gasteiger partial charge in [0.25, 0.3) is 0 Å². The zero-order valence-corrected chi connectivity index (χ0v) is 19.5. The Hall–Kier alpha value is -2.38. The van der Waals surface area contributed by atoms with E-state index in [1.54, 1.807) is 32.5 Å². The molecule has 0 fully saturated rings. The van der Waals surface area contributed by atoms with Crippen molar-refractivity contribution >= 4 is 29.3 Å². The fraction of sp³-hybridized carbons (Fsp3) is 0.348. The van der Waals surface area contributed by atoms with Crippen LogP contribution < -0.4 is 4.74 Å². The van der Waals surface area contributed by atoms with Gasteiger partial charge in [0, 0.05) is 10.5 Å². The first-order valence-electron chi connectivity index (χ1n) is 9.78. The number of carbonyl (C=O) groups is 1.